The highest BCUT2D eigenvalue weighted by Crippen LogP contribution is 2.28. The van der Waals surface area contributed by atoms with Gasteiger partial charge in [0.25, 0.3) is 0 Å². The fraction of sp³-hybridized carbons (Fsp3) is 0.688. The summed E-state index contributed by atoms with van der Waals surface area (Å²) in [5.41, 5.74) is 2.18. The molecule has 0 spiro atoms. The topological polar surface area (TPSA) is 103 Å². The van der Waals surface area contributed by atoms with E-state index in [4.69, 9.17) is 4.98 Å². The van der Waals surface area contributed by atoms with E-state index >= 15 is 0 Å². The fourth-order valence-corrected chi connectivity index (χ4v) is 7.19. The molecule has 41 heavy (non-hydrogen) atoms. The first-order valence-electron chi connectivity index (χ1n) is 15.7. The van der Waals surface area contributed by atoms with Crippen LogP contribution in [0.4, 0.5) is 0 Å². The second-order valence-electron chi connectivity index (χ2n) is 12.4. The van der Waals surface area contributed by atoms with Crippen LogP contribution in [-0.4, -0.2) is 66.4 Å². The van der Waals surface area contributed by atoms with E-state index in [1.54, 1.807) is 18.3 Å². The summed E-state index contributed by atoms with van der Waals surface area (Å²) in [5.74, 6) is 0.501. The molecule has 2 aliphatic rings. The normalized spacial score (nSPS) is 20.4. The Bertz CT molecular complexity index is 1180. The number of thiazole rings is 1. The molecular formula is C32H49N5O3S. The van der Waals surface area contributed by atoms with Gasteiger partial charge in [0, 0.05) is 31.3 Å². The summed E-state index contributed by atoms with van der Waals surface area (Å²) in [4.78, 5) is 46.5. The molecule has 1 saturated heterocycles. The number of fused-ring (bicyclic) bond motifs is 1. The number of aromatic nitrogens is 1. The summed E-state index contributed by atoms with van der Waals surface area (Å²) < 4.78 is 1.10. The third-order valence-electron chi connectivity index (χ3n) is 8.84. The molecule has 0 bridgehead atoms. The highest BCUT2D eigenvalue weighted by atomic mass is 32.1. The van der Waals surface area contributed by atoms with E-state index in [0.717, 1.165) is 73.3 Å². The lowest BCUT2D eigenvalue weighted by Gasteiger charge is -2.32. The molecule has 3 N–H and O–H groups in total. The number of carbonyl (C=O) groups excluding carboxylic acids is 3. The Kier molecular flexibility index (Phi) is 11.6. The maximum absolute atomic E-state index is 13.8. The molecular weight excluding hydrogens is 534 g/mol. The maximum Gasteiger partial charge on any atom is 0.243 e. The lowest BCUT2D eigenvalue weighted by atomic mass is 9.83. The quantitative estimate of drug-likeness (QED) is 0.354. The first-order valence-corrected chi connectivity index (χ1v) is 16.5. The number of hydrogen-bond acceptors (Lipinski definition) is 6. The molecule has 3 atom stereocenters. The number of rotatable bonds is 11. The van der Waals surface area contributed by atoms with Crippen LogP contribution in [0.1, 0.15) is 95.0 Å². The van der Waals surface area contributed by atoms with E-state index < -0.39 is 6.04 Å². The minimum absolute atomic E-state index is 0.0227. The van der Waals surface area contributed by atoms with Crippen molar-refractivity contribution < 1.29 is 14.4 Å². The van der Waals surface area contributed by atoms with Gasteiger partial charge in [-0.2, -0.15) is 0 Å². The Balaban J connectivity index is 1.46. The van der Waals surface area contributed by atoms with E-state index in [0.29, 0.717) is 31.2 Å². The largest absolute Gasteiger partial charge is 0.354 e. The van der Waals surface area contributed by atoms with Crippen LogP contribution in [-0.2, 0) is 20.8 Å². The van der Waals surface area contributed by atoms with E-state index in [1.165, 1.54) is 12.0 Å². The van der Waals surface area contributed by atoms with Crippen LogP contribution in [0.25, 0.3) is 10.2 Å². The van der Waals surface area contributed by atoms with Crippen LogP contribution in [0.15, 0.2) is 18.2 Å². The molecule has 226 valence electrons. The second kappa shape index (κ2) is 15.1. The van der Waals surface area contributed by atoms with Gasteiger partial charge < -0.3 is 20.9 Å². The number of benzene rings is 1. The maximum atomic E-state index is 13.8. The molecule has 1 aromatic carbocycles. The van der Waals surface area contributed by atoms with Crippen molar-refractivity contribution in [1.29, 1.82) is 0 Å². The molecule has 3 amide bonds. The lowest BCUT2D eigenvalue weighted by Crippen LogP contribution is -2.55. The third kappa shape index (κ3) is 8.98. The van der Waals surface area contributed by atoms with Gasteiger partial charge in [-0.25, -0.2) is 4.98 Å². The number of nitrogens with zero attached hydrogens (tertiary/aromatic N) is 2. The highest BCUT2D eigenvalue weighted by molar-refractivity contribution is 7.18. The van der Waals surface area contributed by atoms with Crippen molar-refractivity contribution in [3.63, 3.8) is 0 Å². The molecule has 1 unspecified atom stereocenters. The van der Waals surface area contributed by atoms with Gasteiger partial charge in [0.1, 0.15) is 6.04 Å². The molecule has 1 aliphatic heterocycles. The number of likely N-dealkylation sites (tertiary alicyclic amines) is 1. The van der Waals surface area contributed by atoms with Gasteiger partial charge in [0.2, 0.25) is 17.7 Å². The Labute approximate surface area is 249 Å². The Morgan fingerprint density at radius 2 is 1.80 bits per heavy atom. The number of carbonyl (C=O) groups is 3. The Hall–Kier alpha value is -2.52. The van der Waals surface area contributed by atoms with E-state index in [9.17, 15) is 14.4 Å². The number of hydrogen-bond donors (Lipinski definition) is 3. The van der Waals surface area contributed by atoms with Gasteiger partial charge in [0.05, 0.1) is 15.2 Å². The van der Waals surface area contributed by atoms with E-state index in [2.05, 4.69) is 53.9 Å². The van der Waals surface area contributed by atoms with Crippen molar-refractivity contribution in [3.05, 3.63) is 28.8 Å². The van der Waals surface area contributed by atoms with Gasteiger partial charge in [-0.05, 0) is 81.8 Å². The van der Waals surface area contributed by atoms with E-state index in [1.807, 2.05) is 6.07 Å². The minimum Gasteiger partial charge on any atom is -0.354 e. The number of amides is 3. The average Bonchev–Trinajstić information content (AvgIpc) is 3.25. The molecule has 2 fully saturated rings. The summed E-state index contributed by atoms with van der Waals surface area (Å²) in [5, 5.41) is 10.3. The van der Waals surface area contributed by atoms with Crippen molar-refractivity contribution in [3.8, 4) is 0 Å². The predicted molar refractivity (Wildman–Crippen MR) is 166 cm³/mol. The summed E-state index contributed by atoms with van der Waals surface area (Å²) in [6.07, 6.45) is 9.02. The molecule has 4 rings (SSSR count). The first-order chi connectivity index (χ1) is 19.7. The van der Waals surface area contributed by atoms with Gasteiger partial charge in [-0.3, -0.25) is 14.4 Å². The SMILES string of the molecule is CCC(=O)N[C@@H](Cc1nc2ccc(C(C)C)cc2s1)C(=O)N[C@H](CNC(=O)C1CCCN(C)CC1)C1CCCCC1. The van der Waals surface area contributed by atoms with Gasteiger partial charge in [-0.1, -0.05) is 46.1 Å². The van der Waals surface area contributed by atoms with Crippen LogP contribution < -0.4 is 16.0 Å². The monoisotopic (exact) mass is 583 g/mol. The third-order valence-corrected chi connectivity index (χ3v) is 9.88. The summed E-state index contributed by atoms with van der Waals surface area (Å²) in [6, 6.07) is 5.44. The molecule has 2 heterocycles. The molecule has 1 aromatic heterocycles. The van der Waals surface area contributed by atoms with Crippen molar-refractivity contribution >= 4 is 39.3 Å². The molecule has 0 radical (unpaired) electrons. The zero-order valence-corrected chi connectivity index (χ0v) is 26.2. The average molecular weight is 584 g/mol. The van der Waals surface area contributed by atoms with Crippen molar-refractivity contribution in [1.82, 2.24) is 25.8 Å². The van der Waals surface area contributed by atoms with Crippen LogP contribution in [0.2, 0.25) is 0 Å². The first kappa shape index (κ1) is 31.4. The number of nitrogens with one attached hydrogen (secondary N) is 3. The smallest absolute Gasteiger partial charge is 0.243 e. The summed E-state index contributed by atoms with van der Waals surface area (Å²) in [7, 11) is 2.11. The van der Waals surface area contributed by atoms with Crippen LogP contribution in [0.5, 0.6) is 0 Å². The van der Waals surface area contributed by atoms with Gasteiger partial charge in [0.15, 0.2) is 0 Å². The summed E-state index contributed by atoms with van der Waals surface area (Å²) in [6.45, 7) is 8.53. The Morgan fingerprint density at radius 1 is 1.02 bits per heavy atom. The van der Waals surface area contributed by atoms with Crippen LogP contribution in [0, 0.1) is 11.8 Å². The van der Waals surface area contributed by atoms with Crippen LogP contribution >= 0.6 is 11.3 Å². The fourth-order valence-electron chi connectivity index (χ4n) is 6.13. The molecule has 1 aliphatic carbocycles. The second-order valence-corrected chi connectivity index (χ2v) is 13.5. The van der Waals surface area contributed by atoms with Crippen molar-refractivity contribution in [2.45, 2.75) is 103 Å². The van der Waals surface area contributed by atoms with Crippen LogP contribution in [0.3, 0.4) is 0 Å². The zero-order valence-electron chi connectivity index (χ0n) is 25.3. The van der Waals surface area contributed by atoms with Gasteiger partial charge >= 0.3 is 0 Å². The molecule has 1 saturated carbocycles. The zero-order chi connectivity index (χ0) is 29.4. The highest BCUT2D eigenvalue weighted by Gasteiger charge is 2.31. The molecule has 2 aromatic rings. The molecule has 9 heteroatoms. The van der Waals surface area contributed by atoms with Crippen molar-refractivity contribution in [2.75, 3.05) is 26.7 Å². The van der Waals surface area contributed by atoms with Crippen molar-refractivity contribution in [2.24, 2.45) is 11.8 Å². The minimum atomic E-state index is -0.716. The van der Waals surface area contributed by atoms with Gasteiger partial charge in [-0.15, -0.1) is 11.3 Å². The van der Waals surface area contributed by atoms with E-state index in [-0.39, 0.29) is 29.7 Å². The molecule has 8 nitrogen and oxygen atoms in total. The predicted octanol–water partition coefficient (Wildman–Crippen LogP) is 4.77. The lowest BCUT2D eigenvalue weighted by molar-refractivity contribution is -0.130. The Morgan fingerprint density at radius 3 is 2.54 bits per heavy atom. The standard InChI is InChI=1S/C32H49N5O3S/c1-5-29(38)34-26(19-30-35-25-14-13-24(21(2)3)18-28(25)41-30)32(40)36-27(22-10-7-6-8-11-22)20-33-31(39)23-12-9-16-37(4)17-15-23/h13-14,18,21-23,26-27H,5-12,15-17,19-20H2,1-4H3,(H,33,39)(H,34,38)(H,36,40)/t23?,26-,27+/m0/s1. The summed E-state index contributed by atoms with van der Waals surface area (Å²) >= 11 is 1.59.